The summed E-state index contributed by atoms with van der Waals surface area (Å²) in [6.45, 7) is 1.52. The van der Waals surface area contributed by atoms with Crippen molar-refractivity contribution < 1.29 is 155 Å². The third kappa shape index (κ3) is 11.2. The Kier molecular flexibility index (Phi) is 17.5. The first-order valence-electron chi connectivity index (χ1n) is 14.7. The van der Waals surface area contributed by atoms with Gasteiger partial charge in [-0.3, -0.25) is 13.7 Å². The minimum atomic E-state index is -4.94. The van der Waals surface area contributed by atoms with Crippen LogP contribution in [0.2, 0.25) is 0 Å². The minimum absolute atomic E-state index is 0. The Hall–Kier alpha value is -2.31. The first-order valence-corrected chi connectivity index (χ1v) is 19.0. The summed E-state index contributed by atoms with van der Waals surface area (Å²) in [5.74, 6) is -1.15. The summed E-state index contributed by atoms with van der Waals surface area (Å²) in [6.07, 6.45) is 0. The normalized spacial score (nSPS) is 11.8. The largest absolute Gasteiger partial charge is 1.00 e. The van der Waals surface area contributed by atoms with Crippen molar-refractivity contribution in [3.8, 4) is 11.5 Å². The van der Waals surface area contributed by atoms with Gasteiger partial charge in [0.2, 0.25) is 0 Å². The van der Waals surface area contributed by atoms with E-state index in [0.29, 0.717) is 11.3 Å². The fraction of sp³-hybridized carbons (Fsp3) is 0.0303. The first kappa shape index (κ1) is 49.8. The molecule has 0 saturated carbocycles. The molecule has 0 aliphatic heterocycles. The zero-order valence-corrected chi connectivity index (χ0v) is 39.1. The van der Waals surface area contributed by atoms with E-state index in [1.807, 2.05) is 30.3 Å². The Labute approximate surface area is 397 Å². The van der Waals surface area contributed by atoms with Gasteiger partial charge in [0.1, 0.15) is 31.8 Å². The molecule has 0 aliphatic carbocycles. The number of hydrogen-bond acceptors (Lipinski definition) is 13. The number of rotatable bonds is 9. The number of nitrogens with zero attached hydrogens (tertiary/aromatic N) is 4. The zero-order chi connectivity index (χ0) is 37.6. The number of aryl methyl sites for hydroxylation is 1. The molecule has 0 aliphatic rings. The number of benzene rings is 6. The maximum absolute atomic E-state index is 12.4. The summed E-state index contributed by atoms with van der Waals surface area (Å²) in [5.41, 5.74) is 0.580. The van der Waals surface area contributed by atoms with E-state index in [1.165, 1.54) is 31.2 Å². The van der Waals surface area contributed by atoms with Gasteiger partial charge in [-0.05, 0) is 78.5 Å². The average Bonchev–Trinajstić information content (AvgIpc) is 3.06. The van der Waals surface area contributed by atoms with Crippen LogP contribution < -0.4 is 94.0 Å². The molecule has 1 radical (unpaired) electrons. The topological polar surface area (TPSA) is 265 Å². The van der Waals surface area contributed by atoms with Crippen LogP contribution in [0.1, 0.15) is 5.56 Å². The number of phenols is 2. The number of fused-ring (bicyclic) bond motifs is 2. The minimum Gasteiger partial charge on any atom is -0.506 e. The van der Waals surface area contributed by atoms with Crippen LogP contribution in [-0.2, 0) is 47.4 Å². The third-order valence-corrected chi connectivity index (χ3v) is 10.3. The van der Waals surface area contributed by atoms with Crippen LogP contribution in [0, 0.1) is 6.92 Å². The van der Waals surface area contributed by atoms with Crippen LogP contribution in [0.15, 0.2) is 132 Å². The van der Waals surface area contributed by atoms with E-state index in [4.69, 9.17) is 0 Å². The van der Waals surface area contributed by atoms with Crippen molar-refractivity contribution in [3.63, 3.8) is 0 Å². The molecule has 0 heterocycles. The number of nitrogens with one attached hydrogen (secondary N) is 1. The van der Waals surface area contributed by atoms with Crippen molar-refractivity contribution in [1.82, 2.24) is 0 Å². The molecule has 16 nitrogen and oxygen atoms in total. The van der Waals surface area contributed by atoms with Crippen LogP contribution in [0.3, 0.4) is 0 Å². The molecule has 0 unspecified atom stereocenters. The van der Waals surface area contributed by atoms with E-state index in [2.05, 4.69) is 25.8 Å². The fourth-order valence-electron chi connectivity index (χ4n) is 5.29. The van der Waals surface area contributed by atoms with Crippen molar-refractivity contribution >= 4 is 86.0 Å². The van der Waals surface area contributed by atoms with Crippen molar-refractivity contribution in [2.24, 2.45) is 20.5 Å². The standard InChI is InChI=1S/C33H25N5O11S3.Cu.3Na/c1-18-12-27(28(39)17-26(18)36-35-22-15-25-24(30(16-22)51(44,45)46)8-5-9-29(25)50(41,42)43)37-38-32-31(52(47,48)49)14-19-13-21(10-11-23(19)33(32)40)34-20-6-3-2-4-7-20;;;;/h2-17,34,39-40H,1H3,(H,41,42,43)(H,44,45,46)(H,47,48,49);;;;/q;;3*+1. The molecule has 0 atom stereocenters. The van der Waals surface area contributed by atoms with E-state index in [-0.39, 0.29) is 144 Å². The van der Waals surface area contributed by atoms with Gasteiger partial charge in [0.25, 0.3) is 30.4 Å². The van der Waals surface area contributed by atoms with Gasteiger partial charge in [-0.1, -0.05) is 30.3 Å². The number of phenolic OH excluding ortho intramolecular Hbond substituents is 2. The van der Waals surface area contributed by atoms with Gasteiger partial charge >= 0.3 is 88.7 Å². The molecule has 6 aromatic carbocycles. The van der Waals surface area contributed by atoms with E-state index < -0.39 is 62.2 Å². The monoisotopic (exact) mass is 895 g/mol. The first-order chi connectivity index (χ1) is 24.4. The van der Waals surface area contributed by atoms with Crippen LogP contribution in [-0.4, -0.2) is 49.1 Å². The second-order valence-electron chi connectivity index (χ2n) is 11.2. The van der Waals surface area contributed by atoms with Gasteiger partial charge < -0.3 is 15.5 Å². The van der Waals surface area contributed by atoms with Gasteiger partial charge in [0.05, 0.1) is 11.4 Å². The van der Waals surface area contributed by atoms with Crippen LogP contribution >= 0.6 is 0 Å². The third-order valence-electron chi connectivity index (χ3n) is 7.67. The summed E-state index contributed by atoms with van der Waals surface area (Å²) >= 11 is 0. The van der Waals surface area contributed by atoms with Crippen molar-refractivity contribution in [1.29, 1.82) is 0 Å². The Bertz CT molecular complexity index is 2850. The molecular weight excluding hydrogens is 871 g/mol. The molecule has 56 heavy (non-hydrogen) atoms. The van der Waals surface area contributed by atoms with E-state index in [1.54, 1.807) is 12.1 Å². The maximum atomic E-state index is 12.4. The van der Waals surface area contributed by atoms with Gasteiger partial charge in [-0.25, -0.2) is 0 Å². The predicted octanol–water partition coefficient (Wildman–Crippen LogP) is -0.963. The van der Waals surface area contributed by atoms with E-state index in [0.717, 1.165) is 36.0 Å². The van der Waals surface area contributed by atoms with Crippen molar-refractivity contribution in [2.45, 2.75) is 21.6 Å². The van der Waals surface area contributed by atoms with Gasteiger partial charge in [0, 0.05) is 50.7 Å². The number of azo groups is 2. The van der Waals surface area contributed by atoms with Crippen LogP contribution in [0.5, 0.6) is 11.5 Å². The Balaban J connectivity index is 0.00000271. The van der Waals surface area contributed by atoms with Gasteiger partial charge in [-0.15, -0.1) is 10.2 Å². The van der Waals surface area contributed by atoms with Gasteiger partial charge in [0.15, 0.2) is 5.75 Å². The molecule has 277 valence electrons. The molecule has 6 aromatic rings. The molecule has 0 fully saturated rings. The smallest absolute Gasteiger partial charge is 0.506 e. The Morgan fingerprint density at radius 3 is 1.79 bits per heavy atom. The Morgan fingerprint density at radius 1 is 0.536 bits per heavy atom. The summed E-state index contributed by atoms with van der Waals surface area (Å²) in [4.78, 5) is -2.10. The summed E-state index contributed by atoms with van der Waals surface area (Å²) in [5, 5.41) is 40.6. The molecule has 0 spiro atoms. The van der Waals surface area contributed by atoms with Crippen LogP contribution in [0.4, 0.5) is 34.1 Å². The average molecular weight is 896 g/mol. The Morgan fingerprint density at radius 2 is 1.16 bits per heavy atom. The van der Waals surface area contributed by atoms with Crippen molar-refractivity contribution in [2.75, 3.05) is 5.32 Å². The molecule has 0 bridgehead atoms. The summed E-state index contributed by atoms with van der Waals surface area (Å²) in [6, 6.07) is 22.8. The molecule has 0 aromatic heterocycles. The second kappa shape index (κ2) is 19.6. The maximum Gasteiger partial charge on any atom is 1.00 e. The number of aromatic hydroxyl groups is 2. The molecule has 0 saturated heterocycles. The molecular formula is C33H25CuN5Na3O11S3+3. The molecule has 0 amide bonds. The zero-order valence-electron chi connectivity index (χ0n) is 29.7. The molecule has 6 N–H and O–H groups in total. The number of para-hydroxylation sites is 1. The van der Waals surface area contributed by atoms with Gasteiger partial charge in [-0.2, -0.15) is 35.5 Å². The second-order valence-corrected chi connectivity index (χ2v) is 15.4. The van der Waals surface area contributed by atoms with E-state index >= 15 is 0 Å². The molecule has 6 rings (SSSR count). The summed E-state index contributed by atoms with van der Waals surface area (Å²) in [7, 11) is -14.7. The molecule has 23 heteroatoms. The van der Waals surface area contributed by atoms with E-state index in [9.17, 15) is 49.1 Å². The predicted molar refractivity (Wildman–Crippen MR) is 190 cm³/mol. The quantitative estimate of drug-likeness (QED) is 0.0583. The summed E-state index contributed by atoms with van der Waals surface area (Å²) < 4.78 is 102. The van der Waals surface area contributed by atoms with Crippen molar-refractivity contribution in [3.05, 3.63) is 103 Å². The fourth-order valence-corrected chi connectivity index (χ4v) is 7.37. The van der Waals surface area contributed by atoms with Crippen LogP contribution in [0.25, 0.3) is 21.5 Å². The number of hydrogen-bond donors (Lipinski definition) is 6. The SMILES string of the molecule is Cc1cc(N=Nc2c(S(=O)(=O)O)cc3cc(Nc4ccccc4)ccc3c2O)c(O)cc1N=Nc1cc(S(=O)(=O)O)c2cccc(S(=O)(=O)O)c2c1.[Cu].[Na+].[Na+].[Na+]. The number of anilines is 2.